The first-order valence-corrected chi connectivity index (χ1v) is 11.7. The quantitative estimate of drug-likeness (QED) is 0.687. The number of carbonyl (C=O) groups excluding carboxylic acids is 2. The highest BCUT2D eigenvalue weighted by atomic mass is 32.1. The van der Waals surface area contributed by atoms with Crippen molar-refractivity contribution in [2.75, 3.05) is 49.5 Å². The van der Waals surface area contributed by atoms with E-state index in [9.17, 15) is 9.59 Å². The fourth-order valence-corrected chi connectivity index (χ4v) is 5.60. The van der Waals surface area contributed by atoms with Gasteiger partial charge < -0.3 is 15.0 Å². The molecular formula is C22H29N5O3S. The van der Waals surface area contributed by atoms with Crippen LogP contribution in [-0.4, -0.2) is 66.1 Å². The summed E-state index contributed by atoms with van der Waals surface area (Å²) in [6.07, 6.45) is 6.35. The number of aromatic nitrogens is 2. The van der Waals surface area contributed by atoms with E-state index in [1.807, 2.05) is 0 Å². The molecule has 1 fully saturated rings. The van der Waals surface area contributed by atoms with Gasteiger partial charge in [0.25, 0.3) is 0 Å². The van der Waals surface area contributed by atoms with Crippen LogP contribution in [0.1, 0.15) is 41.1 Å². The summed E-state index contributed by atoms with van der Waals surface area (Å²) >= 11 is 1.53. The van der Waals surface area contributed by atoms with Crippen molar-refractivity contribution >= 4 is 34.2 Å². The monoisotopic (exact) mass is 443 g/mol. The Kier molecular flexibility index (Phi) is 6.82. The van der Waals surface area contributed by atoms with Crippen LogP contribution in [0.3, 0.4) is 0 Å². The largest absolute Gasteiger partial charge is 0.462 e. The number of anilines is 2. The van der Waals surface area contributed by atoms with Crippen molar-refractivity contribution in [1.82, 2.24) is 14.9 Å². The average molecular weight is 444 g/mol. The minimum Gasteiger partial charge on any atom is -0.462 e. The van der Waals surface area contributed by atoms with Crippen LogP contribution < -0.4 is 10.2 Å². The number of hydrogen-bond acceptors (Lipinski definition) is 8. The van der Waals surface area contributed by atoms with Crippen molar-refractivity contribution in [1.29, 1.82) is 0 Å². The number of rotatable bonds is 6. The van der Waals surface area contributed by atoms with Crippen LogP contribution in [0.5, 0.6) is 0 Å². The molecule has 1 aliphatic heterocycles. The van der Waals surface area contributed by atoms with Gasteiger partial charge in [0.1, 0.15) is 5.00 Å². The lowest BCUT2D eigenvalue weighted by Crippen LogP contribution is -2.49. The number of thiophene rings is 1. The fraction of sp³-hybridized carbons (Fsp3) is 0.545. The van der Waals surface area contributed by atoms with E-state index in [-0.39, 0.29) is 11.9 Å². The summed E-state index contributed by atoms with van der Waals surface area (Å²) in [5, 5.41) is 3.65. The Hall–Kier alpha value is -2.52. The van der Waals surface area contributed by atoms with Gasteiger partial charge >= 0.3 is 5.97 Å². The van der Waals surface area contributed by atoms with Crippen LogP contribution in [0, 0.1) is 5.92 Å². The van der Waals surface area contributed by atoms with Gasteiger partial charge in [-0.3, -0.25) is 9.69 Å². The Bertz CT molecular complexity index is 925. The second-order valence-corrected chi connectivity index (χ2v) is 9.24. The van der Waals surface area contributed by atoms with Gasteiger partial charge in [-0.25, -0.2) is 14.8 Å². The van der Waals surface area contributed by atoms with E-state index in [1.54, 1.807) is 25.4 Å². The lowest BCUT2D eigenvalue weighted by molar-refractivity contribution is -0.117. The summed E-state index contributed by atoms with van der Waals surface area (Å²) < 4.78 is 5.29. The predicted octanol–water partition coefficient (Wildman–Crippen LogP) is 2.60. The predicted molar refractivity (Wildman–Crippen MR) is 121 cm³/mol. The Labute approximate surface area is 186 Å². The molecule has 0 unspecified atom stereocenters. The van der Waals surface area contributed by atoms with Crippen LogP contribution in [0.4, 0.5) is 10.9 Å². The van der Waals surface area contributed by atoms with Crippen molar-refractivity contribution in [2.45, 2.75) is 33.1 Å². The van der Waals surface area contributed by atoms with Gasteiger partial charge in [0.05, 0.1) is 18.7 Å². The number of esters is 1. The van der Waals surface area contributed by atoms with Gasteiger partial charge in [0.15, 0.2) is 0 Å². The maximum absolute atomic E-state index is 12.8. The summed E-state index contributed by atoms with van der Waals surface area (Å²) in [7, 11) is 0. The van der Waals surface area contributed by atoms with E-state index in [1.165, 1.54) is 16.2 Å². The molecule has 2 aromatic rings. The van der Waals surface area contributed by atoms with Crippen molar-refractivity contribution in [3.63, 3.8) is 0 Å². The first kappa shape index (κ1) is 21.7. The molecule has 4 rings (SSSR count). The van der Waals surface area contributed by atoms with Crippen LogP contribution in [0.15, 0.2) is 18.5 Å². The van der Waals surface area contributed by atoms with Gasteiger partial charge in [-0.2, -0.15) is 0 Å². The molecule has 0 bridgehead atoms. The highest BCUT2D eigenvalue weighted by molar-refractivity contribution is 7.17. The van der Waals surface area contributed by atoms with Gasteiger partial charge in [0.2, 0.25) is 11.9 Å². The molecule has 1 atom stereocenters. The van der Waals surface area contributed by atoms with Crippen LogP contribution in [0.2, 0.25) is 0 Å². The van der Waals surface area contributed by atoms with Crippen LogP contribution >= 0.6 is 11.3 Å². The molecule has 1 N–H and O–H groups in total. The lowest BCUT2D eigenvalue weighted by atomic mass is 9.88. The van der Waals surface area contributed by atoms with E-state index in [0.29, 0.717) is 29.6 Å². The average Bonchev–Trinajstić information content (AvgIpc) is 3.11. The number of nitrogens with one attached hydrogen (secondary N) is 1. The molecule has 2 aliphatic rings. The SMILES string of the molecule is CCOC(=O)c1c(NC(=O)CN2CCN(c3ncccn3)CC2)sc2c1CC[C@@H](C)C2. The molecule has 166 valence electrons. The third-order valence-electron chi connectivity index (χ3n) is 5.82. The van der Waals surface area contributed by atoms with Gasteiger partial charge in [-0.1, -0.05) is 6.92 Å². The maximum atomic E-state index is 12.8. The molecule has 1 aliphatic carbocycles. The lowest BCUT2D eigenvalue weighted by Gasteiger charge is -2.34. The molecule has 2 aromatic heterocycles. The Morgan fingerprint density at radius 1 is 1.23 bits per heavy atom. The molecule has 0 radical (unpaired) electrons. The zero-order valence-electron chi connectivity index (χ0n) is 18.1. The van der Waals surface area contributed by atoms with Gasteiger partial charge in [-0.15, -0.1) is 11.3 Å². The van der Waals surface area contributed by atoms with Crippen molar-refractivity contribution in [3.05, 3.63) is 34.5 Å². The topological polar surface area (TPSA) is 87.7 Å². The zero-order chi connectivity index (χ0) is 21.8. The van der Waals surface area contributed by atoms with Gasteiger partial charge in [-0.05, 0) is 43.7 Å². The first-order chi connectivity index (χ1) is 15.0. The molecule has 9 heteroatoms. The highest BCUT2D eigenvalue weighted by Crippen LogP contribution is 2.40. The smallest absolute Gasteiger partial charge is 0.341 e. The summed E-state index contributed by atoms with van der Waals surface area (Å²) in [5.41, 5.74) is 1.63. The van der Waals surface area contributed by atoms with Gasteiger partial charge in [0, 0.05) is 43.4 Å². The number of fused-ring (bicyclic) bond motifs is 1. The molecule has 8 nitrogen and oxygen atoms in total. The third-order valence-corrected chi connectivity index (χ3v) is 6.99. The molecule has 3 heterocycles. The van der Waals surface area contributed by atoms with Crippen LogP contribution in [0.25, 0.3) is 0 Å². The number of amides is 1. The molecule has 31 heavy (non-hydrogen) atoms. The molecule has 0 saturated carbocycles. The fourth-order valence-electron chi connectivity index (χ4n) is 4.19. The Morgan fingerprint density at radius 3 is 2.68 bits per heavy atom. The number of ether oxygens (including phenoxy) is 1. The summed E-state index contributed by atoms with van der Waals surface area (Å²) in [6.45, 7) is 7.71. The molecule has 0 aromatic carbocycles. The van der Waals surface area contributed by atoms with E-state index in [4.69, 9.17) is 4.74 Å². The van der Waals surface area contributed by atoms with Crippen LogP contribution in [-0.2, 0) is 22.4 Å². The minimum atomic E-state index is -0.332. The van der Waals surface area contributed by atoms with Crippen molar-refractivity contribution in [2.24, 2.45) is 5.92 Å². The van der Waals surface area contributed by atoms with E-state index >= 15 is 0 Å². The standard InChI is InChI=1S/C22H29N5O3S/c1-3-30-21(29)19-16-6-5-15(2)13-17(16)31-20(19)25-18(28)14-26-9-11-27(12-10-26)22-23-7-4-8-24-22/h4,7-8,15H,3,5-6,9-14H2,1-2H3,(H,25,28)/t15-/m1/s1. The van der Waals surface area contributed by atoms with E-state index in [0.717, 1.165) is 57.0 Å². The number of piperazine rings is 1. The normalized spacial score (nSPS) is 19.0. The Morgan fingerprint density at radius 2 is 1.97 bits per heavy atom. The highest BCUT2D eigenvalue weighted by Gasteiger charge is 2.29. The second-order valence-electron chi connectivity index (χ2n) is 8.14. The Balaban J connectivity index is 1.39. The summed E-state index contributed by atoms with van der Waals surface area (Å²) in [6, 6.07) is 1.80. The van der Waals surface area contributed by atoms with E-state index in [2.05, 4.69) is 32.0 Å². The van der Waals surface area contributed by atoms with E-state index < -0.39 is 0 Å². The summed E-state index contributed by atoms with van der Waals surface area (Å²) in [4.78, 5) is 39.5. The van der Waals surface area contributed by atoms with Crippen molar-refractivity contribution in [3.8, 4) is 0 Å². The van der Waals surface area contributed by atoms with Crippen molar-refractivity contribution < 1.29 is 14.3 Å². The number of hydrogen-bond donors (Lipinski definition) is 1. The third kappa shape index (κ3) is 5.04. The maximum Gasteiger partial charge on any atom is 0.341 e. The molecule has 1 amide bonds. The zero-order valence-corrected chi connectivity index (χ0v) is 18.9. The second kappa shape index (κ2) is 9.74. The molecular weight excluding hydrogens is 414 g/mol. The first-order valence-electron chi connectivity index (χ1n) is 10.9. The molecule has 0 spiro atoms. The molecule has 1 saturated heterocycles. The number of carbonyl (C=O) groups is 2. The minimum absolute atomic E-state index is 0.0957. The number of nitrogens with zero attached hydrogens (tertiary/aromatic N) is 4. The summed E-state index contributed by atoms with van der Waals surface area (Å²) in [5.74, 6) is 0.890.